The fourth-order valence-electron chi connectivity index (χ4n) is 3.29. The molecule has 3 aromatic heterocycles. The summed E-state index contributed by atoms with van der Waals surface area (Å²) in [5.74, 6) is 2.70. The molecule has 0 saturated carbocycles. The van der Waals surface area contributed by atoms with Crippen molar-refractivity contribution in [3.8, 4) is 11.4 Å². The molecule has 0 N–H and O–H groups in total. The molecule has 0 amide bonds. The SMILES string of the molecule is CCc1cc(N2CCCN(c3cccnn3)CC2)nc(-c2ccncc2)n1. The Balaban J connectivity index is 1.58. The molecule has 27 heavy (non-hydrogen) atoms. The quantitative estimate of drug-likeness (QED) is 0.707. The number of aromatic nitrogens is 5. The van der Waals surface area contributed by atoms with Gasteiger partial charge in [0.25, 0.3) is 0 Å². The first-order valence-electron chi connectivity index (χ1n) is 9.39. The Morgan fingerprint density at radius 3 is 2.37 bits per heavy atom. The second-order valence-corrected chi connectivity index (χ2v) is 6.54. The number of pyridine rings is 1. The fraction of sp³-hybridized carbons (Fsp3) is 0.350. The van der Waals surface area contributed by atoms with Gasteiger partial charge in [0.05, 0.1) is 0 Å². The Morgan fingerprint density at radius 1 is 0.889 bits per heavy atom. The highest BCUT2D eigenvalue weighted by atomic mass is 15.3. The van der Waals surface area contributed by atoms with E-state index >= 15 is 0 Å². The molecule has 7 nitrogen and oxygen atoms in total. The highest BCUT2D eigenvalue weighted by Gasteiger charge is 2.18. The van der Waals surface area contributed by atoms with Crippen LogP contribution in [0.3, 0.4) is 0 Å². The van der Waals surface area contributed by atoms with Crippen LogP contribution in [0.1, 0.15) is 19.0 Å². The monoisotopic (exact) mass is 361 g/mol. The van der Waals surface area contributed by atoms with Crippen LogP contribution in [0.4, 0.5) is 11.6 Å². The van der Waals surface area contributed by atoms with Gasteiger partial charge in [0.2, 0.25) is 0 Å². The Bertz CT molecular complexity index is 870. The summed E-state index contributed by atoms with van der Waals surface area (Å²) in [5, 5.41) is 8.25. The molecule has 0 spiro atoms. The molecule has 4 heterocycles. The van der Waals surface area contributed by atoms with Gasteiger partial charge in [0, 0.05) is 62.1 Å². The second kappa shape index (κ2) is 8.07. The van der Waals surface area contributed by atoms with Crippen molar-refractivity contribution >= 4 is 11.6 Å². The van der Waals surface area contributed by atoms with Gasteiger partial charge in [-0.25, -0.2) is 9.97 Å². The lowest BCUT2D eigenvalue weighted by Gasteiger charge is -2.23. The molecule has 1 aliphatic heterocycles. The maximum atomic E-state index is 4.86. The van der Waals surface area contributed by atoms with Crippen molar-refractivity contribution < 1.29 is 0 Å². The molecule has 7 heteroatoms. The molecule has 3 aromatic rings. The number of nitrogens with zero attached hydrogens (tertiary/aromatic N) is 7. The minimum Gasteiger partial charge on any atom is -0.355 e. The zero-order valence-corrected chi connectivity index (χ0v) is 15.5. The number of rotatable bonds is 4. The third-order valence-corrected chi connectivity index (χ3v) is 4.77. The maximum Gasteiger partial charge on any atom is 0.161 e. The minimum absolute atomic E-state index is 0.766. The van der Waals surface area contributed by atoms with Gasteiger partial charge in [0.1, 0.15) is 5.82 Å². The molecule has 0 aromatic carbocycles. The molecule has 0 atom stereocenters. The predicted molar refractivity (Wildman–Crippen MR) is 106 cm³/mol. The van der Waals surface area contributed by atoms with E-state index in [1.54, 1.807) is 18.6 Å². The van der Waals surface area contributed by atoms with E-state index in [0.29, 0.717) is 0 Å². The van der Waals surface area contributed by atoms with E-state index in [-0.39, 0.29) is 0 Å². The maximum absolute atomic E-state index is 4.86. The van der Waals surface area contributed by atoms with Crippen LogP contribution in [-0.2, 0) is 6.42 Å². The molecule has 1 fully saturated rings. The highest BCUT2D eigenvalue weighted by Crippen LogP contribution is 2.22. The normalized spacial score (nSPS) is 14.9. The highest BCUT2D eigenvalue weighted by molar-refractivity contribution is 5.57. The van der Waals surface area contributed by atoms with Gasteiger partial charge in [-0.3, -0.25) is 4.98 Å². The Kier molecular flexibility index (Phi) is 5.18. The molecule has 0 aliphatic carbocycles. The molecule has 1 aliphatic rings. The van der Waals surface area contributed by atoms with E-state index < -0.39 is 0 Å². The Labute approximate surface area is 159 Å². The van der Waals surface area contributed by atoms with Crippen molar-refractivity contribution in [3.05, 3.63) is 54.6 Å². The first kappa shape index (κ1) is 17.3. The molecule has 138 valence electrons. The topological polar surface area (TPSA) is 70.9 Å². The third-order valence-electron chi connectivity index (χ3n) is 4.77. The van der Waals surface area contributed by atoms with Crippen LogP contribution in [0.2, 0.25) is 0 Å². The molecule has 4 rings (SSSR count). The first-order valence-corrected chi connectivity index (χ1v) is 9.39. The lowest BCUT2D eigenvalue weighted by molar-refractivity contribution is 0.785. The summed E-state index contributed by atoms with van der Waals surface area (Å²) in [6.45, 7) is 5.85. The summed E-state index contributed by atoms with van der Waals surface area (Å²) in [7, 11) is 0. The lowest BCUT2D eigenvalue weighted by Crippen LogP contribution is -2.31. The van der Waals surface area contributed by atoms with Gasteiger partial charge in [0.15, 0.2) is 11.6 Å². The lowest BCUT2D eigenvalue weighted by atomic mass is 10.2. The van der Waals surface area contributed by atoms with Gasteiger partial charge in [-0.1, -0.05) is 6.92 Å². The molecule has 1 saturated heterocycles. The molecule has 0 unspecified atom stereocenters. The average Bonchev–Trinajstić information content (AvgIpc) is 3.01. The average molecular weight is 361 g/mol. The van der Waals surface area contributed by atoms with Crippen LogP contribution >= 0.6 is 0 Å². The van der Waals surface area contributed by atoms with Crippen molar-refractivity contribution in [1.82, 2.24) is 25.1 Å². The molecule has 0 radical (unpaired) electrons. The largest absolute Gasteiger partial charge is 0.355 e. The number of anilines is 2. The van der Waals surface area contributed by atoms with Crippen molar-refractivity contribution in [2.75, 3.05) is 36.0 Å². The van der Waals surface area contributed by atoms with E-state index in [4.69, 9.17) is 9.97 Å². The van der Waals surface area contributed by atoms with E-state index in [2.05, 4.69) is 38.0 Å². The third kappa shape index (κ3) is 4.02. The predicted octanol–water partition coefficient (Wildman–Crippen LogP) is 2.61. The van der Waals surface area contributed by atoms with Crippen molar-refractivity contribution in [2.45, 2.75) is 19.8 Å². The zero-order chi connectivity index (χ0) is 18.5. The Hall–Kier alpha value is -3.09. The van der Waals surface area contributed by atoms with Gasteiger partial charge < -0.3 is 9.80 Å². The van der Waals surface area contributed by atoms with Crippen LogP contribution in [0.25, 0.3) is 11.4 Å². The summed E-state index contributed by atoms with van der Waals surface area (Å²) in [6, 6.07) is 9.98. The smallest absolute Gasteiger partial charge is 0.161 e. The van der Waals surface area contributed by atoms with Crippen LogP contribution < -0.4 is 9.80 Å². The van der Waals surface area contributed by atoms with Gasteiger partial charge in [-0.2, -0.15) is 5.10 Å². The summed E-state index contributed by atoms with van der Waals surface area (Å²) < 4.78 is 0. The van der Waals surface area contributed by atoms with Gasteiger partial charge >= 0.3 is 0 Å². The van der Waals surface area contributed by atoms with Crippen LogP contribution in [-0.4, -0.2) is 51.3 Å². The van der Waals surface area contributed by atoms with E-state index in [1.165, 1.54) is 0 Å². The van der Waals surface area contributed by atoms with Crippen molar-refractivity contribution in [1.29, 1.82) is 0 Å². The van der Waals surface area contributed by atoms with E-state index in [1.807, 2.05) is 24.3 Å². The van der Waals surface area contributed by atoms with Crippen molar-refractivity contribution in [3.63, 3.8) is 0 Å². The standard InChI is InChI=1S/C20H23N7/c1-2-17-15-19(24-20(23-17)16-6-9-21-10-7-16)27-12-4-11-26(13-14-27)18-5-3-8-22-25-18/h3,5-10,15H,2,4,11-14H2,1H3. The minimum atomic E-state index is 0.766. The molecular weight excluding hydrogens is 338 g/mol. The summed E-state index contributed by atoms with van der Waals surface area (Å²) in [4.78, 5) is 18.3. The zero-order valence-electron chi connectivity index (χ0n) is 15.5. The Morgan fingerprint density at radius 2 is 1.67 bits per heavy atom. The van der Waals surface area contributed by atoms with E-state index in [0.717, 1.165) is 67.7 Å². The number of hydrogen-bond donors (Lipinski definition) is 0. The number of aryl methyl sites for hydroxylation is 1. The summed E-state index contributed by atoms with van der Waals surface area (Å²) in [5.41, 5.74) is 2.05. The molecular formula is C20H23N7. The molecule has 0 bridgehead atoms. The summed E-state index contributed by atoms with van der Waals surface area (Å²) >= 11 is 0. The van der Waals surface area contributed by atoms with Gasteiger partial charge in [-0.05, 0) is 37.1 Å². The number of hydrogen-bond acceptors (Lipinski definition) is 7. The van der Waals surface area contributed by atoms with Crippen LogP contribution in [0.5, 0.6) is 0 Å². The van der Waals surface area contributed by atoms with Crippen molar-refractivity contribution in [2.24, 2.45) is 0 Å². The summed E-state index contributed by atoms with van der Waals surface area (Å²) in [6.07, 6.45) is 7.20. The van der Waals surface area contributed by atoms with E-state index in [9.17, 15) is 0 Å². The first-order chi connectivity index (χ1) is 13.3. The fourth-order valence-corrected chi connectivity index (χ4v) is 3.29. The second-order valence-electron chi connectivity index (χ2n) is 6.54. The van der Waals surface area contributed by atoms with Crippen LogP contribution in [0.15, 0.2) is 48.9 Å². The van der Waals surface area contributed by atoms with Gasteiger partial charge in [-0.15, -0.1) is 5.10 Å². The van der Waals surface area contributed by atoms with Crippen LogP contribution in [0, 0.1) is 0 Å².